The van der Waals surface area contributed by atoms with E-state index >= 15 is 0 Å². The van der Waals surface area contributed by atoms with Crippen molar-refractivity contribution in [2.75, 3.05) is 4.43 Å². The Bertz CT molecular complexity index is 455. The number of carbonyl (C=O) groups is 1. The van der Waals surface area contributed by atoms with E-state index < -0.39 is 0 Å². The molecule has 1 aromatic carbocycles. The van der Waals surface area contributed by atoms with Crippen LogP contribution in [0.15, 0.2) is 12.1 Å². The minimum absolute atomic E-state index is 0.122. The van der Waals surface area contributed by atoms with Gasteiger partial charge in [0.2, 0.25) is 0 Å². The van der Waals surface area contributed by atoms with Crippen molar-refractivity contribution in [1.29, 1.82) is 0 Å². The highest BCUT2D eigenvalue weighted by molar-refractivity contribution is 14.1. The molecule has 0 bridgehead atoms. The first-order valence-corrected chi connectivity index (χ1v) is 7.24. The molecule has 0 radical (unpaired) electrons. The number of hydrogen-bond acceptors (Lipinski definition) is 1. The molecule has 86 valence electrons. The molecule has 1 unspecified atom stereocenters. The molecule has 1 aliphatic carbocycles. The Hall–Kier alpha value is -0.0900. The molecule has 1 nitrogen and oxygen atoms in total. The molecular formula is C13H14ClIO. The lowest BCUT2D eigenvalue weighted by Gasteiger charge is -2.19. The summed E-state index contributed by atoms with van der Waals surface area (Å²) in [4.78, 5) is 11.6. The topological polar surface area (TPSA) is 17.1 Å². The highest BCUT2D eigenvalue weighted by Crippen LogP contribution is 2.41. The van der Waals surface area contributed by atoms with Gasteiger partial charge in [-0.3, -0.25) is 4.79 Å². The van der Waals surface area contributed by atoms with Crippen molar-refractivity contribution in [2.24, 2.45) is 5.41 Å². The molecule has 0 aliphatic heterocycles. The summed E-state index contributed by atoms with van der Waals surface area (Å²) >= 11 is 8.48. The molecular weight excluding hydrogens is 334 g/mol. The van der Waals surface area contributed by atoms with Crippen LogP contribution in [0.5, 0.6) is 0 Å². The Kier molecular flexibility index (Phi) is 3.32. The minimum atomic E-state index is 0.122. The van der Waals surface area contributed by atoms with Crippen LogP contribution in [-0.4, -0.2) is 10.2 Å². The van der Waals surface area contributed by atoms with E-state index in [0.29, 0.717) is 5.02 Å². The summed E-state index contributed by atoms with van der Waals surface area (Å²) < 4.78 is 1.11. The van der Waals surface area contributed by atoms with Gasteiger partial charge in [0.15, 0.2) is 5.78 Å². The first-order valence-electron chi connectivity index (χ1n) is 5.33. The summed E-state index contributed by atoms with van der Waals surface area (Å²) in [5.74, 6) is 0.122. The van der Waals surface area contributed by atoms with Crippen molar-refractivity contribution in [3.05, 3.63) is 33.8 Å². The van der Waals surface area contributed by atoms with Gasteiger partial charge in [-0.25, -0.2) is 0 Å². The zero-order chi connectivity index (χ0) is 11.9. The third kappa shape index (κ3) is 2.14. The van der Waals surface area contributed by atoms with Crippen LogP contribution in [0.2, 0.25) is 5.02 Å². The van der Waals surface area contributed by atoms with Crippen LogP contribution in [0, 0.1) is 5.41 Å². The van der Waals surface area contributed by atoms with Gasteiger partial charge in [0.25, 0.3) is 0 Å². The van der Waals surface area contributed by atoms with Gasteiger partial charge in [-0.05, 0) is 48.4 Å². The highest BCUT2D eigenvalue weighted by Gasteiger charge is 2.34. The van der Waals surface area contributed by atoms with Crippen LogP contribution in [-0.2, 0) is 12.8 Å². The van der Waals surface area contributed by atoms with Crippen LogP contribution < -0.4 is 0 Å². The van der Waals surface area contributed by atoms with E-state index in [2.05, 4.69) is 29.5 Å². The van der Waals surface area contributed by atoms with E-state index in [1.807, 2.05) is 12.1 Å². The van der Waals surface area contributed by atoms with Gasteiger partial charge in [0.05, 0.1) is 0 Å². The summed E-state index contributed by atoms with van der Waals surface area (Å²) in [5.41, 5.74) is 3.58. The van der Waals surface area contributed by atoms with Crippen molar-refractivity contribution in [3.63, 3.8) is 0 Å². The minimum Gasteiger partial charge on any atom is -0.294 e. The normalized spacial score (nSPS) is 23.2. The van der Waals surface area contributed by atoms with Gasteiger partial charge in [0.1, 0.15) is 0 Å². The molecule has 0 heterocycles. The largest absolute Gasteiger partial charge is 0.294 e. The van der Waals surface area contributed by atoms with Crippen molar-refractivity contribution < 1.29 is 4.79 Å². The lowest BCUT2D eigenvalue weighted by Crippen LogP contribution is -2.18. The second kappa shape index (κ2) is 4.30. The number of Topliss-reactive ketones (excluding diaryl/α,β-unsaturated/α-hetero) is 1. The van der Waals surface area contributed by atoms with Gasteiger partial charge in [-0.1, -0.05) is 41.1 Å². The summed E-state index contributed by atoms with van der Waals surface area (Å²) in [6.07, 6.45) is 2.03. The quantitative estimate of drug-likeness (QED) is 0.447. The number of benzene rings is 1. The van der Waals surface area contributed by atoms with Gasteiger partial charge < -0.3 is 0 Å². The maximum absolute atomic E-state index is 11.6. The third-order valence-electron chi connectivity index (χ3n) is 3.23. The Morgan fingerprint density at radius 1 is 1.50 bits per heavy atom. The van der Waals surface area contributed by atoms with Crippen LogP contribution in [0.1, 0.15) is 35.3 Å². The molecule has 16 heavy (non-hydrogen) atoms. The Morgan fingerprint density at radius 2 is 2.19 bits per heavy atom. The maximum atomic E-state index is 11.6. The fourth-order valence-electron chi connectivity index (χ4n) is 2.42. The summed E-state index contributed by atoms with van der Waals surface area (Å²) in [6, 6.07) is 3.82. The van der Waals surface area contributed by atoms with Crippen molar-refractivity contribution in [3.8, 4) is 0 Å². The maximum Gasteiger partial charge on any atom is 0.160 e. The number of rotatable bonds is 2. The number of carbonyl (C=O) groups excluding carboxylic acids is 1. The molecule has 1 aliphatic rings. The molecule has 1 aromatic rings. The zero-order valence-electron chi connectivity index (χ0n) is 9.44. The Labute approximate surface area is 115 Å². The number of alkyl halides is 1. The van der Waals surface area contributed by atoms with Gasteiger partial charge >= 0.3 is 0 Å². The Balaban J connectivity index is 2.52. The Morgan fingerprint density at radius 3 is 2.75 bits per heavy atom. The third-order valence-corrected chi connectivity index (χ3v) is 5.29. The molecule has 0 fully saturated rings. The van der Waals surface area contributed by atoms with Crippen molar-refractivity contribution in [1.82, 2.24) is 0 Å². The predicted molar refractivity (Wildman–Crippen MR) is 75.9 cm³/mol. The SMILES string of the molecule is CC(=O)c1cc(Cl)cc2c1CC(C)(CI)C2. The van der Waals surface area contributed by atoms with E-state index in [1.165, 1.54) is 11.1 Å². The monoisotopic (exact) mass is 348 g/mol. The van der Waals surface area contributed by atoms with E-state index in [1.54, 1.807) is 6.92 Å². The molecule has 0 saturated carbocycles. The average molecular weight is 349 g/mol. The number of halogens is 2. The standard InChI is InChI=1S/C13H14ClIO/c1-8(16)11-4-10(14)3-9-5-13(2,7-15)6-12(9)11/h3-4H,5-7H2,1-2H3. The van der Waals surface area contributed by atoms with Crippen molar-refractivity contribution in [2.45, 2.75) is 26.7 Å². The van der Waals surface area contributed by atoms with Crippen LogP contribution in [0.4, 0.5) is 0 Å². The van der Waals surface area contributed by atoms with Gasteiger partial charge in [-0.15, -0.1) is 0 Å². The molecule has 3 heteroatoms. The van der Waals surface area contributed by atoms with Crippen LogP contribution in [0.25, 0.3) is 0 Å². The van der Waals surface area contributed by atoms with E-state index in [9.17, 15) is 4.79 Å². The second-order valence-corrected chi connectivity index (χ2v) is 6.14. The first kappa shape index (κ1) is 12.4. The van der Waals surface area contributed by atoms with E-state index in [-0.39, 0.29) is 11.2 Å². The summed E-state index contributed by atoms with van der Waals surface area (Å²) in [7, 11) is 0. The van der Waals surface area contributed by atoms with Crippen LogP contribution >= 0.6 is 34.2 Å². The summed E-state index contributed by atoms with van der Waals surface area (Å²) in [5, 5.41) is 0.682. The van der Waals surface area contributed by atoms with Crippen molar-refractivity contribution >= 4 is 40.0 Å². The molecule has 0 amide bonds. The van der Waals surface area contributed by atoms with Gasteiger partial charge in [-0.2, -0.15) is 0 Å². The summed E-state index contributed by atoms with van der Waals surface area (Å²) in [6.45, 7) is 3.89. The molecule has 0 saturated heterocycles. The molecule has 2 rings (SSSR count). The van der Waals surface area contributed by atoms with Gasteiger partial charge in [0, 0.05) is 15.0 Å². The fourth-order valence-corrected chi connectivity index (χ4v) is 3.20. The zero-order valence-corrected chi connectivity index (χ0v) is 12.4. The van der Waals surface area contributed by atoms with E-state index in [0.717, 1.165) is 22.8 Å². The molecule has 0 aromatic heterocycles. The lowest BCUT2D eigenvalue weighted by atomic mass is 9.89. The predicted octanol–water partition coefficient (Wildman–Crippen LogP) is 4.08. The first-order chi connectivity index (χ1) is 7.45. The van der Waals surface area contributed by atoms with Crippen LogP contribution in [0.3, 0.4) is 0 Å². The number of fused-ring (bicyclic) bond motifs is 1. The highest BCUT2D eigenvalue weighted by atomic mass is 127. The fraction of sp³-hybridized carbons (Fsp3) is 0.462. The van der Waals surface area contributed by atoms with E-state index in [4.69, 9.17) is 11.6 Å². The molecule has 0 spiro atoms. The second-order valence-electron chi connectivity index (χ2n) is 4.95. The lowest BCUT2D eigenvalue weighted by molar-refractivity contribution is 0.101. The smallest absolute Gasteiger partial charge is 0.160 e. The molecule has 0 N–H and O–H groups in total. The number of hydrogen-bond donors (Lipinski definition) is 0. The average Bonchev–Trinajstić information content (AvgIpc) is 2.54. The number of ketones is 1. The molecule has 1 atom stereocenters.